The number of halogens is 1. The van der Waals surface area contributed by atoms with Crippen LogP contribution < -0.4 is 54.6 Å². The Balaban J connectivity index is 0.00000125. The largest absolute Gasteiger partial charge is 0.496 e. The van der Waals surface area contributed by atoms with E-state index >= 15 is 0 Å². The summed E-state index contributed by atoms with van der Waals surface area (Å²) in [6.07, 6.45) is -0.687. The molecule has 13 heteroatoms. The second-order valence-corrected chi connectivity index (χ2v) is 20.5. The fraction of sp³-hybridized carbons (Fsp3) is 0.123. The normalized spacial score (nSPS) is 12.3. The van der Waals surface area contributed by atoms with Crippen molar-refractivity contribution in [1.29, 1.82) is 0 Å². The van der Waals surface area contributed by atoms with Gasteiger partial charge in [-0.15, -0.1) is 10.2 Å². The van der Waals surface area contributed by atoms with Gasteiger partial charge in [0.05, 0.1) is 7.11 Å². The Morgan fingerprint density at radius 2 is 1.03 bits per heavy atom. The van der Waals surface area contributed by atoms with Gasteiger partial charge in [-0.1, -0.05) is 140 Å². The van der Waals surface area contributed by atoms with Crippen molar-refractivity contribution in [1.82, 2.24) is 5.32 Å². The molecule has 0 bridgehead atoms. The highest BCUT2D eigenvalue weighted by atomic mass is 35.7. The van der Waals surface area contributed by atoms with E-state index in [1.54, 1.807) is 20.1 Å². The molecule has 354 valence electrons. The second kappa shape index (κ2) is 22.4. The number of alkyl carbamates (subject to hydrolysis) is 1. The van der Waals surface area contributed by atoms with Crippen LogP contribution in [-0.2, 0) is 27.5 Å². The molecule has 11 nitrogen and oxygen atoms in total. The van der Waals surface area contributed by atoms with Crippen LogP contribution in [0, 0.1) is 10.2 Å². The molecule has 0 unspecified atom stereocenters. The monoisotopic (exact) mass is 973 g/mol. The predicted molar refractivity (Wildman–Crippen MR) is 261 cm³/mol. The van der Waals surface area contributed by atoms with Gasteiger partial charge in [-0.05, 0) is 107 Å². The molecular weight excluding hydrogens is 925 g/mol. The third kappa shape index (κ3) is 11.6. The van der Waals surface area contributed by atoms with Crippen molar-refractivity contribution in [2.75, 3.05) is 13.7 Å². The van der Waals surface area contributed by atoms with Gasteiger partial charge in [-0.3, -0.25) is 0 Å². The van der Waals surface area contributed by atoms with E-state index in [0.29, 0.717) is 23.7 Å². The van der Waals surface area contributed by atoms with Gasteiger partial charge in [0.15, 0.2) is 0 Å². The van der Waals surface area contributed by atoms with Gasteiger partial charge in [0.2, 0.25) is 0 Å². The molecule has 8 aromatic carbocycles. The van der Waals surface area contributed by atoms with Crippen molar-refractivity contribution in [2.24, 2.45) is 0 Å². The van der Waals surface area contributed by atoms with Crippen LogP contribution in [0.25, 0.3) is 22.3 Å². The summed E-state index contributed by atoms with van der Waals surface area (Å²) in [5, 5.41) is 7.86. The van der Waals surface area contributed by atoms with E-state index in [1.807, 2.05) is 36.4 Å². The first-order valence-corrected chi connectivity index (χ1v) is 25.4. The van der Waals surface area contributed by atoms with E-state index in [9.17, 15) is 9.59 Å². The molecule has 1 atom stereocenters. The number of ether oxygens (including phenoxy) is 4. The number of benzene rings is 8. The minimum atomic E-state index is -4.94. The lowest BCUT2D eigenvalue weighted by atomic mass is 9.98. The van der Waals surface area contributed by atoms with Gasteiger partial charge in [0, 0.05) is 17.5 Å². The Morgan fingerprint density at radius 3 is 1.53 bits per heavy atom. The van der Waals surface area contributed by atoms with Crippen LogP contribution in [-0.4, -0.2) is 31.8 Å². The zero-order valence-electron chi connectivity index (χ0n) is 38.3. The summed E-state index contributed by atoms with van der Waals surface area (Å²) in [7, 11) is -5.56. The van der Waals surface area contributed by atoms with Crippen molar-refractivity contribution in [3.63, 3.8) is 0 Å². The molecule has 1 amide bonds. The number of esters is 1. The summed E-state index contributed by atoms with van der Waals surface area (Å²) < 4.78 is 57.0. The van der Waals surface area contributed by atoms with Crippen molar-refractivity contribution >= 4 is 40.5 Å². The maximum absolute atomic E-state index is 12.9. The van der Waals surface area contributed by atoms with Gasteiger partial charge < -0.3 is 24.3 Å². The lowest BCUT2D eigenvalue weighted by Crippen LogP contribution is -2.68. The van der Waals surface area contributed by atoms with Crippen molar-refractivity contribution in [2.45, 2.75) is 32.1 Å². The Morgan fingerprint density at radius 1 is 0.571 bits per heavy atom. The molecule has 0 aromatic heterocycles. The number of carbonyl (C=O) groups is 2. The first-order valence-electron chi connectivity index (χ1n) is 22.4. The zero-order chi connectivity index (χ0) is 49.1. The maximum atomic E-state index is 12.9. The van der Waals surface area contributed by atoms with Gasteiger partial charge in [-0.2, -0.15) is 0 Å². The maximum Gasteiger partial charge on any atom is 0.407 e. The number of amides is 1. The predicted octanol–water partition coefficient (Wildman–Crippen LogP) is 5.78. The molecule has 0 aliphatic heterocycles. The topological polar surface area (TPSA) is 175 Å². The van der Waals surface area contributed by atoms with E-state index < -0.39 is 35.6 Å². The molecule has 0 spiro atoms. The van der Waals surface area contributed by atoms with Crippen LogP contribution >= 0.6 is 7.26 Å². The zero-order valence-corrected chi connectivity index (χ0v) is 40.0. The van der Waals surface area contributed by atoms with Gasteiger partial charge in [0.25, 0.3) is 0 Å². The molecule has 70 heavy (non-hydrogen) atoms. The fourth-order valence-corrected chi connectivity index (χ4v) is 13.0. The van der Waals surface area contributed by atoms with Crippen LogP contribution in [0.1, 0.15) is 35.1 Å². The van der Waals surface area contributed by atoms with Crippen LogP contribution in [0.15, 0.2) is 206 Å². The Kier molecular flexibility index (Phi) is 15.7. The quantitative estimate of drug-likeness (QED) is 0.0981. The van der Waals surface area contributed by atoms with Gasteiger partial charge in [0.1, 0.15) is 65.8 Å². The average molecular weight is 974 g/mol. The summed E-state index contributed by atoms with van der Waals surface area (Å²) in [6.45, 7) is 2.02. The third-order valence-corrected chi connectivity index (χ3v) is 16.3. The summed E-state index contributed by atoms with van der Waals surface area (Å²) in [5.41, 5.74) is 8.44. The highest BCUT2D eigenvalue weighted by molar-refractivity contribution is 8.01. The highest BCUT2D eigenvalue weighted by Gasteiger charge is 2.47. The number of rotatable bonds is 15. The molecule has 1 aliphatic rings. The third-order valence-electron chi connectivity index (χ3n) is 12.0. The smallest absolute Gasteiger partial charge is 0.407 e. The standard InChI is InChI=1S/C57H48NO6P.ClHO4/c1-40(58-57(60)64-39-54-52-24-14-12-22-50(52)51-23-13-15-25-53(51)54)56(59)63-38-44-30-33-45(36-55(44)61-2)62-37-41-26-28-42(29-27-41)43-31-34-49(35-32-43)65(46-16-6-3-7-17-46,47-18-8-4-9-19-47)48-20-10-5-11-21-48;2-1(3,4)5/h3-36,40,54H,37-39H2,1-2H3;(H,2,3,4,5)/t40-;/m0./s1. The first-order chi connectivity index (χ1) is 33.9. The minimum absolute atomic E-state index is 0.0467. The molecule has 0 fully saturated rings. The van der Waals surface area contributed by atoms with Crippen LogP contribution in [0.4, 0.5) is 4.79 Å². The molecule has 1 aliphatic carbocycles. The number of nitrogens with one attached hydrogen (secondary N) is 1. The SMILES string of the molecule is COc1cc(OCc2ccc(-c3ccc([P+](c4ccccc4)(c4ccccc4)c4ccccc4)cc3)cc2)ccc1COC(=O)[C@H](C)NC(=O)OCC1c2ccccc2-c2ccccc21.[O-][Cl+3]([O-])([O-])[O-]. The van der Waals surface area contributed by atoms with Crippen molar-refractivity contribution in [3.8, 4) is 33.8 Å². The summed E-state index contributed by atoms with van der Waals surface area (Å²) in [6, 6.07) is 70.9. The summed E-state index contributed by atoms with van der Waals surface area (Å²) in [5.74, 6) is 0.453. The summed E-state index contributed by atoms with van der Waals surface area (Å²) >= 11 is 0. The Hall–Kier alpha value is -7.34. The molecule has 0 heterocycles. The Bertz CT molecular complexity index is 2860. The van der Waals surface area contributed by atoms with Crippen molar-refractivity contribution in [3.05, 3.63) is 229 Å². The van der Waals surface area contributed by atoms with Crippen LogP contribution in [0.2, 0.25) is 0 Å². The lowest BCUT2D eigenvalue weighted by Gasteiger charge is -2.27. The van der Waals surface area contributed by atoms with Crippen LogP contribution in [0.5, 0.6) is 11.5 Å². The minimum Gasteiger partial charge on any atom is -0.496 e. The number of carbonyl (C=O) groups excluding carboxylic acids is 2. The molecule has 9 rings (SSSR count). The van der Waals surface area contributed by atoms with E-state index in [1.165, 1.54) is 21.2 Å². The van der Waals surface area contributed by atoms with E-state index in [0.717, 1.165) is 38.9 Å². The fourth-order valence-electron chi connectivity index (χ4n) is 8.77. The average Bonchev–Trinajstić information content (AvgIpc) is 3.71. The Labute approximate surface area is 409 Å². The lowest BCUT2D eigenvalue weighted by molar-refractivity contribution is -2.00. The molecule has 0 saturated carbocycles. The first kappa shape index (κ1) is 49.1. The number of hydrogen-bond donors (Lipinski definition) is 1. The molecule has 0 saturated heterocycles. The molecule has 0 radical (unpaired) electrons. The number of hydrogen-bond acceptors (Lipinski definition) is 10. The van der Waals surface area contributed by atoms with E-state index in [2.05, 4.69) is 169 Å². The molecule has 8 aromatic rings. The van der Waals surface area contributed by atoms with Crippen LogP contribution in [0.3, 0.4) is 0 Å². The number of fused-ring (bicyclic) bond motifs is 3. The summed E-state index contributed by atoms with van der Waals surface area (Å²) in [4.78, 5) is 25.7. The van der Waals surface area contributed by atoms with E-state index in [-0.39, 0.29) is 19.1 Å². The molecule has 1 N–H and O–H groups in total. The molecular formula is C57H49ClNO10P. The van der Waals surface area contributed by atoms with Gasteiger partial charge >= 0.3 is 12.1 Å². The van der Waals surface area contributed by atoms with Gasteiger partial charge in [-0.25, -0.2) is 28.2 Å². The second-order valence-electron chi connectivity index (χ2n) is 16.4. The van der Waals surface area contributed by atoms with E-state index in [4.69, 9.17) is 37.6 Å². The highest BCUT2D eigenvalue weighted by Crippen LogP contribution is 2.54. The number of methoxy groups -OCH3 is 1. The van der Waals surface area contributed by atoms with Crippen molar-refractivity contribution < 1.29 is 57.4 Å².